The van der Waals surface area contributed by atoms with Crippen LogP contribution in [0.2, 0.25) is 5.02 Å². The second-order valence-electron chi connectivity index (χ2n) is 4.95. The summed E-state index contributed by atoms with van der Waals surface area (Å²) < 4.78 is 5.04. The molecule has 2 rings (SSSR count). The molecule has 1 amide bonds. The van der Waals surface area contributed by atoms with Crippen LogP contribution >= 0.6 is 11.6 Å². The predicted octanol–water partition coefficient (Wildman–Crippen LogP) is 3.75. The predicted molar refractivity (Wildman–Crippen MR) is 86.3 cm³/mol. The van der Waals surface area contributed by atoms with Crippen molar-refractivity contribution in [2.24, 2.45) is 0 Å². The summed E-state index contributed by atoms with van der Waals surface area (Å²) in [6, 6.07) is 12.3. The zero-order chi connectivity index (χ0) is 16.1. The van der Waals surface area contributed by atoms with Crippen LogP contribution in [-0.2, 0) is 9.53 Å². The van der Waals surface area contributed by atoms with Gasteiger partial charge in [-0.05, 0) is 43.7 Å². The Bertz CT molecular complexity index is 713. The summed E-state index contributed by atoms with van der Waals surface area (Å²) in [7, 11) is 0. The van der Waals surface area contributed by atoms with E-state index in [4.69, 9.17) is 16.3 Å². The third-order valence-electron chi connectivity index (χ3n) is 3.06. The Morgan fingerprint density at radius 3 is 2.64 bits per heavy atom. The lowest BCUT2D eigenvalue weighted by molar-refractivity contribution is -0.119. The summed E-state index contributed by atoms with van der Waals surface area (Å²) >= 11 is 5.83. The fourth-order valence-electron chi connectivity index (χ4n) is 1.93. The average Bonchev–Trinajstić information content (AvgIpc) is 2.47. The van der Waals surface area contributed by atoms with Gasteiger partial charge in [0.15, 0.2) is 6.61 Å². The lowest BCUT2D eigenvalue weighted by Crippen LogP contribution is -2.21. The van der Waals surface area contributed by atoms with E-state index in [9.17, 15) is 9.59 Å². The molecule has 4 nitrogen and oxygen atoms in total. The number of carbonyl (C=O) groups is 2. The van der Waals surface area contributed by atoms with Crippen LogP contribution in [0.25, 0.3) is 0 Å². The summed E-state index contributed by atoms with van der Waals surface area (Å²) in [4.78, 5) is 23.8. The molecule has 2 aromatic rings. The number of halogens is 1. The first kappa shape index (κ1) is 16.0. The van der Waals surface area contributed by atoms with Crippen molar-refractivity contribution in [3.05, 3.63) is 64.2 Å². The molecule has 0 aliphatic heterocycles. The second kappa shape index (κ2) is 7.09. The molecule has 0 fully saturated rings. The summed E-state index contributed by atoms with van der Waals surface area (Å²) in [6.45, 7) is 3.36. The topological polar surface area (TPSA) is 55.4 Å². The Hall–Kier alpha value is -2.33. The number of carbonyl (C=O) groups excluding carboxylic acids is 2. The number of hydrogen-bond donors (Lipinski definition) is 1. The molecule has 114 valence electrons. The SMILES string of the molecule is Cc1ccc(C)c(C(=O)OCC(=O)Nc2cccc(Cl)c2)c1. The van der Waals surface area contributed by atoms with Gasteiger partial charge in [-0.25, -0.2) is 4.79 Å². The van der Waals surface area contributed by atoms with Crippen molar-refractivity contribution in [3.8, 4) is 0 Å². The number of hydrogen-bond acceptors (Lipinski definition) is 3. The molecule has 1 N–H and O–H groups in total. The van der Waals surface area contributed by atoms with Crippen LogP contribution in [-0.4, -0.2) is 18.5 Å². The van der Waals surface area contributed by atoms with Gasteiger partial charge in [0, 0.05) is 10.7 Å². The van der Waals surface area contributed by atoms with Gasteiger partial charge in [0.05, 0.1) is 5.56 Å². The number of rotatable bonds is 4. The average molecular weight is 318 g/mol. The molecule has 0 aliphatic carbocycles. The van der Waals surface area contributed by atoms with Gasteiger partial charge in [-0.3, -0.25) is 4.79 Å². The number of nitrogens with one attached hydrogen (secondary N) is 1. The fraction of sp³-hybridized carbons (Fsp3) is 0.176. The minimum atomic E-state index is -0.512. The van der Waals surface area contributed by atoms with E-state index in [1.54, 1.807) is 30.3 Å². The van der Waals surface area contributed by atoms with Crippen molar-refractivity contribution in [1.82, 2.24) is 0 Å². The number of amides is 1. The van der Waals surface area contributed by atoms with E-state index in [0.717, 1.165) is 11.1 Å². The normalized spacial score (nSPS) is 10.1. The van der Waals surface area contributed by atoms with E-state index in [1.807, 2.05) is 26.0 Å². The molecule has 5 heteroatoms. The molecular weight excluding hydrogens is 302 g/mol. The van der Waals surface area contributed by atoms with Crippen LogP contribution in [0.3, 0.4) is 0 Å². The first-order valence-electron chi connectivity index (χ1n) is 6.75. The number of ether oxygens (including phenoxy) is 1. The van der Waals surface area contributed by atoms with Gasteiger partial charge in [0.2, 0.25) is 0 Å². The lowest BCUT2D eigenvalue weighted by Gasteiger charge is -2.09. The molecule has 0 saturated carbocycles. The minimum Gasteiger partial charge on any atom is -0.452 e. The van der Waals surface area contributed by atoms with Crippen molar-refractivity contribution in [2.75, 3.05) is 11.9 Å². The van der Waals surface area contributed by atoms with Crippen LogP contribution in [0, 0.1) is 13.8 Å². The maximum Gasteiger partial charge on any atom is 0.338 e. The van der Waals surface area contributed by atoms with Gasteiger partial charge in [-0.2, -0.15) is 0 Å². The molecule has 0 unspecified atom stereocenters. The van der Waals surface area contributed by atoms with Crippen molar-refractivity contribution >= 4 is 29.2 Å². The maximum absolute atomic E-state index is 12.0. The number of anilines is 1. The van der Waals surface area contributed by atoms with Crippen molar-refractivity contribution in [2.45, 2.75) is 13.8 Å². The zero-order valence-corrected chi connectivity index (χ0v) is 13.1. The third kappa shape index (κ3) is 4.33. The fourth-order valence-corrected chi connectivity index (χ4v) is 2.12. The number of esters is 1. The first-order valence-corrected chi connectivity index (χ1v) is 7.13. The Balaban J connectivity index is 1.93. The third-order valence-corrected chi connectivity index (χ3v) is 3.29. The molecule has 0 bridgehead atoms. The van der Waals surface area contributed by atoms with E-state index in [0.29, 0.717) is 16.3 Å². The van der Waals surface area contributed by atoms with Crippen LogP contribution in [0.15, 0.2) is 42.5 Å². The van der Waals surface area contributed by atoms with E-state index in [1.165, 1.54) is 0 Å². The quantitative estimate of drug-likeness (QED) is 0.874. The summed E-state index contributed by atoms with van der Waals surface area (Å²) in [5.41, 5.74) is 2.79. The smallest absolute Gasteiger partial charge is 0.338 e. The Morgan fingerprint density at radius 2 is 1.91 bits per heavy atom. The van der Waals surface area contributed by atoms with Gasteiger partial charge in [-0.15, -0.1) is 0 Å². The van der Waals surface area contributed by atoms with Crippen molar-refractivity contribution < 1.29 is 14.3 Å². The monoisotopic (exact) mass is 317 g/mol. The Morgan fingerprint density at radius 1 is 1.14 bits per heavy atom. The molecule has 0 radical (unpaired) electrons. The van der Waals surface area contributed by atoms with Crippen LogP contribution in [0.4, 0.5) is 5.69 Å². The van der Waals surface area contributed by atoms with Crippen molar-refractivity contribution in [3.63, 3.8) is 0 Å². The molecule has 0 atom stereocenters. The highest BCUT2D eigenvalue weighted by Gasteiger charge is 2.13. The van der Waals surface area contributed by atoms with Crippen LogP contribution in [0.5, 0.6) is 0 Å². The molecule has 0 aliphatic rings. The molecule has 0 heterocycles. The largest absolute Gasteiger partial charge is 0.452 e. The summed E-state index contributed by atoms with van der Waals surface area (Å²) in [6.07, 6.45) is 0. The molecule has 22 heavy (non-hydrogen) atoms. The molecular formula is C17H16ClNO3. The van der Waals surface area contributed by atoms with Crippen molar-refractivity contribution in [1.29, 1.82) is 0 Å². The molecule has 2 aromatic carbocycles. The maximum atomic E-state index is 12.0. The van der Waals surface area contributed by atoms with E-state index < -0.39 is 11.9 Å². The van der Waals surface area contributed by atoms with E-state index in [-0.39, 0.29) is 6.61 Å². The first-order chi connectivity index (χ1) is 10.5. The van der Waals surface area contributed by atoms with Crippen LogP contribution in [0.1, 0.15) is 21.5 Å². The summed E-state index contributed by atoms with van der Waals surface area (Å²) in [5.74, 6) is -0.927. The highest BCUT2D eigenvalue weighted by atomic mass is 35.5. The number of benzene rings is 2. The van der Waals surface area contributed by atoms with Gasteiger partial charge < -0.3 is 10.1 Å². The summed E-state index contributed by atoms with van der Waals surface area (Å²) in [5, 5.41) is 3.13. The van der Waals surface area contributed by atoms with Gasteiger partial charge in [0.1, 0.15) is 0 Å². The van der Waals surface area contributed by atoms with Crippen LogP contribution < -0.4 is 5.32 Å². The Kier molecular flexibility index (Phi) is 5.17. The Labute approximate surface area is 134 Å². The van der Waals surface area contributed by atoms with E-state index in [2.05, 4.69) is 5.32 Å². The van der Waals surface area contributed by atoms with Gasteiger partial charge >= 0.3 is 5.97 Å². The number of aryl methyl sites for hydroxylation is 2. The van der Waals surface area contributed by atoms with Gasteiger partial charge in [0.25, 0.3) is 5.91 Å². The lowest BCUT2D eigenvalue weighted by atomic mass is 10.1. The van der Waals surface area contributed by atoms with Gasteiger partial charge in [-0.1, -0.05) is 35.4 Å². The second-order valence-corrected chi connectivity index (χ2v) is 5.39. The van der Waals surface area contributed by atoms with E-state index >= 15 is 0 Å². The highest BCUT2D eigenvalue weighted by Crippen LogP contribution is 2.15. The highest BCUT2D eigenvalue weighted by molar-refractivity contribution is 6.30. The molecule has 0 saturated heterocycles. The zero-order valence-electron chi connectivity index (χ0n) is 12.4. The molecule has 0 spiro atoms. The molecule has 0 aromatic heterocycles. The minimum absolute atomic E-state index is 0.348. The standard InChI is InChI=1S/C17H16ClNO3/c1-11-6-7-12(2)15(8-11)17(21)22-10-16(20)19-14-5-3-4-13(18)9-14/h3-9H,10H2,1-2H3,(H,19,20).